The monoisotopic (exact) mass is 542 g/mol. The van der Waals surface area contributed by atoms with Gasteiger partial charge in [0.2, 0.25) is 0 Å². The summed E-state index contributed by atoms with van der Waals surface area (Å²) in [7, 11) is 0. The van der Waals surface area contributed by atoms with Gasteiger partial charge >= 0.3 is 17.9 Å². The zero-order valence-corrected chi connectivity index (χ0v) is 24.1. The fourth-order valence-electron chi connectivity index (χ4n) is 5.37. The molecule has 0 bridgehead atoms. The molecule has 0 aromatic rings. The highest BCUT2D eigenvalue weighted by Gasteiger charge is 2.35. The summed E-state index contributed by atoms with van der Waals surface area (Å²) in [6, 6.07) is -0.741. The topological polar surface area (TPSA) is 142 Å². The van der Waals surface area contributed by atoms with Gasteiger partial charge in [0.1, 0.15) is 5.78 Å². The highest BCUT2D eigenvalue weighted by molar-refractivity contribution is 5.82. The molecule has 11 heteroatoms. The van der Waals surface area contributed by atoms with Gasteiger partial charge in [-0.05, 0) is 25.7 Å². The van der Waals surface area contributed by atoms with Crippen molar-refractivity contribution in [2.75, 3.05) is 52.4 Å². The van der Waals surface area contributed by atoms with Crippen molar-refractivity contribution in [2.45, 2.75) is 91.4 Å². The third kappa shape index (κ3) is 11.0. The number of ketones is 1. The summed E-state index contributed by atoms with van der Waals surface area (Å²) in [5, 5.41) is 29.2. The average molecular weight is 543 g/mol. The van der Waals surface area contributed by atoms with E-state index in [0.717, 1.165) is 0 Å². The van der Waals surface area contributed by atoms with Gasteiger partial charge in [0.25, 0.3) is 0 Å². The van der Waals surface area contributed by atoms with Gasteiger partial charge in [0, 0.05) is 56.3 Å². The van der Waals surface area contributed by atoms with Crippen LogP contribution in [-0.2, 0) is 19.2 Å². The van der Waals surface area contributed by atoms with Crippen LogP contribution in [0.15, 0.2) is 0 Å². The Bertz CT molecular complexity index is 765. The second-order valence-corrected chi connectivity index (χ2v) is 10.8. The molecule has 0 spiro atoms. The van der Waals surface area contributed by atoms with E-state index < -0.39 is 17.9 Å². The molecule has 220 valence electrons. The second-order valence-electron chi connectivity index (χ2n) is 10.8. The lowest BCUT2D eigenvalue weighted by atomic mass is 10.0. The lowest BCUT2D eigenvalue weighted by Gasteiger charge is -2.45. The average Bonchev–Trinajstić information content (AvgIpc) is 2.83. The Kier molecular flexibility index (Phi) is 15.0. The van der Waals surface area contributed by atoms with Crippen molar-refractivity contribution < 1.29 is 34.5 Å². The van der Waals surface area contributed by atoms with Crippen molar-refractivity contribution >= 4 is 23.7 Å². The summed E-state index contributed by atoms with van der Waals surface area (Å²) < 4.78 is 0. The minimum Gasteiger partial charge on any atom is -0.480 e. The van der Waals surface area contributed by atoms with Crippen LogP contribution in [-0.4, -0.2) is 135 Å². The van der Waals surface area contributed by atoms with Crippen molar-refractivity contribution in [3.05, 3.63) is 0 Å². The van der Waals surface area contributed by atoms with E-state index >= 15 is 0 Å². The minimum atomic E-state index is -0.975. The third-order valence-corrected chi connectivity index (χ3v) is 7.75. The van der Waals surface area contributed by atoms with E-state index in [1.807, 2.05) is 56.2 Å². The molecule has 0 aromatic carbocycles. The molecule has 1 fully saturated rings. The molecule has 0 radical (unpaired) electrons. The van der Waals surface area contributed by atoms with E-state index in [4.69, 9.17) is 0 Å². The van der Waals surface area contributed by atoms with Crippen LogP contribution in [0.2, 0.25) is 0 Å². The molecular formula is C27H50N4O7. The molecule has 1 saturated heterocycles. The van der Waals surface area contributed by atoms with Crippen molar-refractivity contribution in [3.63, 3.8) is 0 Å². The fraction of sp³-hybridized carbons (Fsp3) is 0.852. The number of rotatable bonds is 13. The Labute approximate surface area is 227 Å². The van der Waals surface area contributed by atoms with Crippen molar-refractivity contribution in [3.8, 4) is 0 Å². The fourth-order valence-corrected chi connectivity index (χ4v) is 5.37. The predicted molar refractivity (Wildman–Crippen MR) is 145 cm³/mol. The predicted octanol–water partition coefficient (Wildman–Crippen LogP) is 1.80. The van der Waals surface area contributed by atoms with Gasteiger partial charge in [-0.3, -0.25) is 38.8 Å². The second kappa shape index (κ2) is 16.8. The number of Topliss-reactive ketones (excluding diaryl/α,β-unsaturated/α-hetero) is 1. The Balaban J connectivity index is 3.67. The standard InChI is InChI=1S/C27H50N4O7/c1-7-20-12-29(16-25(33)34)22(9-3)14-31(18-27(37)38)23(10-4)13-30(17-26(35)36)21(8-2)11-28(20)15-24(32)19(5)6/h19-23H,7-18H2,1-6H3,(H,33,34)(H,35,36)(H,37,38)/t20-,21-,22-,23-/m0/s1. The van der Waals surface area contributed by atoms with Crippen molar-refractivity contribution in [1.29, 1.82) is 0 Å². The lowest BCUT2D eigenvalue weighted by molar-refractivity contribution is -0.143. The Hall–Kier alpha value is -2.08. The molecule has 1 rings (SSSR count). The summed E-state index contributed by atoms with van der Waals surface area (Å²) in [6.45, 7) is 12.9. The smallest absolute Gasteiger partial charge is 0.317 e. The van der Waals surface area contributed by atoms with Crippen LogP contribution in [0.3, 0.4) is 0 Å². The maximum absolute atomic E-state index is 12.9. The van der Waals surface area contributed by atoms with E-state index in [-0.39, 0.29) is 62.0 Å². The van der Waals surface area contributed by atoms with E-state index in [2.05, 4.69) is 4.90 Å². The molecule has 38 heavy (non-hydrogen) atoms. The van der Waals surface area contributed by atoms with Crippen LogP contribution in [0.25, 0.3) is 0 Å². The number of carbonyl (C=O) groups excluding carboxylic acids is 1. The van der Waals surface area contributed by atoms with Crippen LogP contribution in [0.4, 0.5) is 0 Å². The normalized spacial score (nSPS) is 25.6. The quantitative estimate of drug-likeness (QED) is 0.314. The maximum atomic E-state index is 12.9. The summed E-state index contributed by atoms with van der Waals surface area (Å²) in [4.78, 5) is 56.4. The zero-order chi connectivity index (χ0) is 29.0. The summed E-state index contributed by atoms with van der Waals surface area (Å²) >= 11 is 0. The number of aliphatic carboxylic acids is 3. The SMILES string of the molecule is CC[C@H]1CN(CC(=O)O)[C@@H](CC)CN(CC(=O)C(C)C)[C@@H](CC)CN(CC(=O)O)[C@@H](CC)CN1CC(=O)O. The molecule has 0 aliphatic carbocycles. The van der Waals surface area contributed by atoms with Gasteiger partial charge in [-0.15, -0.1) is 0 Å². The van der Waals surface area contributed by atoms with E-state index in [1.165, 1.54) is 0 Å². The van der Waals surface area contributed by atoms with Crippen LogP contribution in [0, 0.1) is 5.92 Å². The molecule has 1 aliphatic rings. The molecule has 0 unspecified atom stereocenters. The number of carbonyl (C=O) groups is 4. The number of carboxylic acids is 3. The maximum Gasteiger partial charge on any atom is 0.317 e. The molecule has 3 N–H and O–H groups in total. The number of hydrogen-bond donors (Lipinski definition) is 3. The van der Waals surface area contributed by atoms with Gasteiger partial charge in [-0.1, -0.05) is 41.5 Å². The molecule has 1 heterocycles. The first kappa shape index (κ1) is 33.9. The first-order chi connectivity index (χ1) is 17.9. The molecule has 0 amide bonds. The molecule has 4 atom stereocenters. The number of carboxylic acid groups (broad SMARTS) is 3. The van der Waals surface area contributed by atoms with Crippen LogP contribution in [0.5, 0.6) is 0 Å². The number of hydrogen-bond acceptors (Lipinski definition) is 8. The summed E-state index contributed by atoms with van der Waals surface area (Å²) in [5.74, 6) is -2.95. The van der Waals surface area contributed by atoms with Gasteiger partial charge < -0.3 is 15.3 Å². The molecular weight excluding hydrogens is 492 g/mol. The Morgan fingerprint density at radius 1 is 0.553 bits per heavy atom. The van der Waals surface area contributed by atoms with Crippen molar-refractivity contribution in [1.82, 2.24) is 19.6 Å². The molecule has 11 nitrogen and oxygen atoms in total. The van der Waals surface area contributed by atoms with Crippen molar-refractivity contribution in [2.24, 2.45) is 5.92 Å². The highest BCUT2D eigenvalue weighted by atomic mass is 16.4. The van der Waals surface area contributed by atoms with E-state index in [9.17, 15) is 34.5 Å². The number of nitrogens with zero attached hydrogens (tertiary/aromatic N) is 4. The van der Waals surface area contributed by atoms with E-state index in [0.29, 0.717) is 51.9 Å². The molecule has 0 saturated carbocycles. The highest BCUT2D eigenvalue weighted by Crippen LogP contribution is 2.21. The molecule has 1 aliphatic heterocycles. The minimum absolute atomic E-state index is 0.0890. The first-order valence-electron chi connectivity index (χ1n) is 14.0. The third-order valence-electron chi connectivity index (χ3n) is 7.75. The van der Waals surface area contributed by atoms with Gasteiger partial charge in [-0.25, -0.2) is 0 Å². The Morgan fingerprint density at radius 3 is 0.974 bits per heavy atom. The Morgan fingerprint density at radius 2 is 0.789 bits per heavy atom. The molecule has 0 aromatic heterocycles. The van der Waals surface area contributed by atoms with Gasteiger partial charge in [0.05, 0.1) is 26.2 Å². The lowest BCUT2D eigenvalue weighted by Crippen LogP contribution is -2.59. The van der Waals surface area contributed by atoms with Gasteiger partial charge in [-0.2, -0.15) is 0 Å². The van der Waals surface area contributed by atoms with E-state index in [1.54, 1.807) is 0 Å². The van der Waals surface area contributed by atoms with Gasteiger partial charge in [0.15, 0.2) is 0 Å². The van der Waals surface area contributed by atoms with Crippen LogP contribution >= 0.6 is 0 Å². The first-order valence-corrected chi connectivity index (χ1v) is 14.0. The largest absolute Gasteiger partial charge is 0.480 e. The summed E-state index contributed by atoms with van der Waals surface area (Å²) in [6.07, 6.45) is 2.57. The van der Waals surface area contributed by atoms with Crippen LogP contribution < -0.4 is 0 Å². The zero-order valence-electron chi connectivity index (χ0n) is 24.1. The summed E-state index contributed by atoms with van der Waals surface area (Å²) in [5.41, 5.74) is 0. The van der Waals surface area contributed by atoms with Crippen LogP contribution in [0.1, 0.15) is 67.2 Å².